The molecule has 2 aliphatic rings. The first-order valence-electron chi connectivity index (χ1n) is 8.40. The van der Waals surface area contributed by atoms with Crippen LogP contribution in [0.1, 0.15) is 79.6 Å². The molecule has 2 aliphatic carbocycles. The molecule has 0 aromatic rings. The van der Waals surface area contributed by atoms with Gasteiger partial charge in [0.25, 0.3) is 5.92 Å². The van der Waals surface area contributed by atoms with E-state index in [-0.39, 0.29) is 23.2 Å². The minimum atomic E-state index is -2.46. The summed E-state index contributed by atoms with van der Waals surface area (Å²) in [5, 5.41) is 0. The van der Waals surface area contributed by atoms with E-state index in [1.54, 1.807) is 0 Å². The zero-order valence-corrected chi connectivity index (χ0v) is 13.9. The van der Waals surface area contributed by atoms with Crippen LogP contribution in [0.3, 0.4) is 0 Å². The minimum Gasteiger partial charge on any atom is -0.207 e. The van der Waals surface area contributed by atoms with Gasteiger partial charge in [0.2, 0.25) is 0 Å². The summed E-state index contributed by atoms with van der Waals surface area (Å²) in [4.78, 5) is 0. The SMILES string of the molecule is CC(C)(C)C1CC(CC(C)(C)C2CCCC2)CC1(F)F. The molecule has 2 heteroatoms. The largest absolute Gasteiger partial charge is 0.251 e. The molecule has 0 amide bonds. The van der Waals surface area contributed by atoms with E-state index in [1.807, 2.05) is 20.8 Å². The second-order valence-electron chi connectivity index (χ2n) is 9.16. The molecule has 2 unspecified atom stereocenters. The average molecular weight is 286 g/mol. The van der Waals surface area contributed by atoms with Gasteiger partial charge in [-0.05, 0) is 48.3 Å². The number of rotatable bonds is 3. The maximum atomic E-state index is 14.3. The van der Waals surface area contributed by atoms with Crippen LogP contribution in [0.4, 0.5) is 8.78 Å². The molecule has 0 nitrogen and oxygen atoms in total. The van der Waals surface area contributed by atoms with Gasteiger partial charge in [0, 0.05) is 12.3 Å². The van der Waals surface area contributed by atoms with Crippen LogP contribution < -0.4 is 0 Å². The fourth-order valence-electron chi connectivity index (χ4n) is 4.88. The Morgan fingerprint density at radius 2 is 1.55 bits per heavy atom. The summed E-state index contributed by atoms with van der Waals surface area (Å²) < 4.78 is 28.6. The van der Waals surface area contributed by atoms with E-state index in [0.717, 1.165) is 12.3 Å². The third-order valence-corrected chi connectivity index (χ3v) is 5.96. The van der Waals surface area contributed by atoms with Gasteiger partial charge < -0.3 is 0 Å². The molecule has 2 rings (SSSR count). The van der Waals surface area contributed by atoms with Crippen molar-refractivity contribution in [2.75, 3.05) is 0 Å². The molecule has 0 N–H and O–H groups in total. The molecule has 20 heavy (non-hydrogen) atoms. The Hall–Kier alpha value is -0.140. The topological polar surface area (TPSA) is 0 Å². The molecule has 0 aliphatic heterocycles. The summed E-state index contributed by atoms with van der Waals surface area (Å²) in [6, 6.07) is 0. The van der Waals surface area contributed by atoms with Gasteiger partial charge >= 0.3 is 0 Å². The summed E-state index contributed by atoms with van der Waals surface area (Å²) in [6.07, 6.45) is 7.09. The Kier molecular flexibility index (Phi) is 4.26. The van der Waals surface area contributed by atoms with Crippen molar-refractivity contribution in [2.24, 2.45) is 28.6 Å². The third kappa shape index (κ3) is 3.36. The highest BCUT2D eigenvalue weighted by Crippen LogP contribution is 2.55. The van der Waals surface area contributed by atoms with E-state index in [0.29, 0.717) is 6.42 Å². The van der Waals surface area contributed by atoms with Crippen molar-refractivity contribution in [3.05, 3.63) is 0 Å². The van der Waals surface area contributed by atoms with Gasteiger partial charge in [0.1, 0.15) is 0 Å². The molecule has 0 aromatic carbocycles. The van der Waals surface area contributed by atoms with E-state index in [2.05, 4.69) is 13.8 Å². The maximum Gasteiger partial charge on any atom is 0.251 e. The lowest BCUT2D eigenvalue weighted by atomic mass is 9.71. The van der Waals surface area contributed by atoms with Crippen LogP contribution in [-0.4, -0.2) is 5.92 Å². The van der Waals surface area contributed by atoms with Crippen molar-refractivity contribution >= 4 is 0 Å². The van der Waals surface area contributed by atoms with Gasteiger partial charge in [0.05, 0.1) is 0 Å². The second kappa shape index (κ2) is 5.25. The molecule has 2 atom stereocenters. The molecule has 118 valence electrons. The fraction of sp³-hybridized carbons (Fsp3) is 1.00. The highest BCUT2D eigenvalue weighted by atomic mass is 19.3. The quantitative estimate of drug-likeness (QED) is 0.571. The minimum absolute atomic E-state index is 0.116. The van der Waals surface area contributed by atoms with Crippen LogP contribution in [0.25, 0.3) is 0 Å². The standard InChI is InChI=1S/C18H32F2/c1-16(2,3)15-10-13(12-18(15,19)20)11-17(4,5)14-8-6-7-9-14/h13-15H,6-12H2,1-5H3. The van der Waals surface area contributed by atoms with Crippen LogP contribution in [0.5, 0.6) is 0 Å². The van der Waals surface area contributed by atoms with Gasteiger partial charge in [-0.25, -0.2) is 8.78 Å². The van der Waals surface area contributed by atoms with Crippen LogP contribution in [0.15, 0.2) is 0 Å². The number of halogens is 2. The molecule has 0 spiro atoms. The van der Waals surface area contributed by atoms with Gasteiger partial charge in [-0.3, -0.25) is 0 Å². The summed E-state index contributed by atoms with van der Waals surface area (Å²) >= 11 is 0. The lowest BCUT2D eigenvalue weighted by molar-refractivity contribution is -0.0760. The Bertz CT molecular complexity index is 332. The molecule has 2 fully saturated rings. The predicted molar refractivity (Wildman–Crippen MR) is 81.0 cm³/mol. The fourth-order valence-corrected chi connectivity index (χ4v) is 4.88. The highest BCUT2D eigenvalue weighted by molar-refractivity contribution is 4.97. The number of hydrogen-bond acceptors (Lipinski definition) is 0. The molecule has 2 saturated carbocycles. The highest BCUT2D eigenvalue weighted by Gasteiger charge is 2.54. The average Bonchev–Trinajstić information content (AvgIpc) is 2.83. The number of hydrogen-bond donors (Lipinski definition) is 0. The van der Waals surface area contributed by atoms with E-state index in [4.69, 9.17) is 0 Å². The molecule has 0 aromatic heterocycles. The zero-order chi connectivity index (χ0) is 15.2. The molecular formula is C18H32F2. The summed E-state index contributed by atoms with van der Waals surface area (Å²) in [7, 11) is 0. The van der Waals surface area contributed by atoms with Crippen LogP contribution >= 0.6 is 0 Å². The van der Waals surface area contributed by atoms with Crippen molar-refractivity contribution in [2.45, 2.75) is 85.5 Å². The predicted octanol–water partition coefficient (Wildman–Crippen LogP) is 6.30. The first kappa shape index (κ1) is 16.2. The first-order chi connectivity index (χ1) is 9.02. The lowest BCUT2D eigenvalue weighted by Gasteiger charge is -2.34. The summed E-state index contributed by atoms with van der Waals surface area (Å²) in [5.41, 5.74) is -0.0419. The monoisotopic (exact) mass is 286 g/mol. The van der Waals surface area contributed by atoms with Crippen molar-refractivity contribution in [1.29, 1.82) is 0 Å². The summed E-state index contributed by atoms with van der Waals surface area (Å²) in [5.74, 6) is -1.94. The zero-order valence-electron chi connectivity index (χ0n) is 13.9. The van der Waals surface area contributed by atoms with Crippen LogP contribution in [-0.2, 0) is 0 Å². The van der Waals surface area contributed by atoms with E-state index in [1.165, 1.54) is 25.7 Å². The van der Waals surface area contributed by atoms with Crippen molar-refractivity contribution in [3.8, 4) is 0 Å². The van der Waals surface area contributed by atoms with Crippen molar-refractivity contribution < 1.29 is 8.78 Å². The van der Waals surface area contributed by atoms with Crippen molar-refractivity contribution in [3.63, 3.8) is 0 Å². The van der Waals surface area contributed by atoms with Crippen LogP contribution in [0.2, 0.25) is 0 Å². The maximum absolute atomic E-state index is 14.3. The van der Waals surface area contributed by atoms with E-state index < -0.39 is 11.8 Å². The van der Waals surface area contributed by atoms with Crippen molar-refractivity contribution in [1.82, 2.24) is 0 Å². The molecule has 0 radical (unpaired) electrons. The van der Waals surface area contributed by atoms with Gasteiger partial charge in [-0.2, -0.15) is 0 Å². The Morgan fingerprint density at radius 3 is 2.00 bits per heavy atom. The van der Waals surface area contributed by atoms with Crippen LogP contribution in [0, 0.1) is 28.6 Å². The number of alkyl halides is 2. The van der Waals surface area contributed by atoms with Gasteiger partial charge in [-0.1, -0.05) is 47.5 Å². The Balaban J connectivity index is 2.01. The molecule has 0 saturated heterocycles. The Morgan fingerprint density at radius 1 is 1.00 bits per heavy atom. The lowest BCUT2D eigenvalue weighted by Crippen LogP contribution is -2.32. The first-order valence-corrected chi connectivity index (χ1v) is 8.40. The Labute approximate surface area is 123 Å². The molecular weight excluding hydrogens is 254 g/mol. The second-order valence-corrected chi connectivity index (χ2v) is 9.16. The molecule has 0 bridgehead atoms. The summed E-state index contributed by atoms with van der Waals surface area (Å²) in [6.45, 7) is 10.5. The molecule has 0 heterocycles. The van der Waals surface area contributed by atoms with E-state index >= 15 is 0 Å². The van der Waals surface area contributed by atoms with E-state index in [9.17, 15) is 8.78 Å². The van der Waals surface area contributed by atoms with Gasteiger partial charge in [0.15, 0.2) is 0 Å². The third-order valence-electron chi connectivity index (χ3n) is 5.96. The van der Waals surface area contributed by atoms with Gasteiger partial charge in [-0.15, -0.1) is 0 Å². The smallest absolute Gasteiger partial charge is 0.207 e. The normalized spacial score (nSPS) is 31.9.